The smallest absolute Gasteiger partial charge is 0.352 e. The zero-order chi connectivity index (χ0) is 13.2. The van der Waals surface area contributed by atoms with Gasteiger partial charge in [-0.25, -0.2) is 4.52 Å². The second-order valence-corrected chi connectivity index (χ2v) is 5.29. The Kier molecular flexibility index (Phi) is 4.00. The van der Waals surface area contributed by atoms with Crippen molar-refractivity contribution in [3.05, 3.63) is 22.8 Å². The van der Waals surface area contributed by atoms with Gasteiger partial charge in [0.2, 0.25) is 5.95 Å². The average Bonchev–Trinajstić information content (AvgIpc) is 2.68. The van der Waals surface area contributed by atoms with Gasteiger partial charge in [0.1, 0.15) is 0 Å². The number of hydrogen-bond donors (Lipinski definition) is 1. The first-order valence-electron chi connectivity index (χ1n) is 4.91. The molecule has 2 aromatic rings. The average molecular weight is 341 g/mol. The summed E-state index contributed by atoms with van der Waals surface area (Å²) < 4.78 is 38.0. The van der Waals surface area contributed by atoms with Crippen molar-refractivity contribution in [1.29, 1.82) is 0 Å². The monoisotopic (exact) mass is 340 g/mol. The van der Waals surface area contributed by atoms with Crippen molar-refractivity contribution in [3.63, 3.8) is 0 Å². The molecule has 2 aromatic heterocycles. The molecule has 0 atom stereocenters. The molecule has 4 nitrogen and oxygen atoms in total. The third kappa shape index (κ3) is 3.52. The first-order valence-corrected chi connectivity index (χ1v) is 6.69. The summed E-state index contributed by atoms with van der Waals surface area (Å²) in [4.78, 5) is 4.15. The van der Waals surface area contributed by atoms with E-state index in [1.54, 1.807) is 16.8 Å². The Hall–Kier alpha value is -0.960. The fourth-order valence-corrected chi connectivity index (χ4v) is 2.14. The number of halogens is 4. The number of thioether (sulfide) groups is 1. The number of aromatic nitrogens is 3. The zero-order valence-electron chi connectivity index (χ0n) is 8.91. The Bertz CT molecular complexity index is 542. The van der Waals surface area contributed by atoms with E-state index in [0.717, 1.165) is 4.47 Å². The van der Waals surface area contributed by atoms with Crippen molar-refractivity contribution in [1.82, 2.24) is 14.6 Å². The van der Waals surface area contributed by atoms with E-state index in [9.17, 15) is 13.2 Å². The van der Waals surface area contributed by atoms with Gasteiger partial charge >= 0.3 is 5.51 Å². The molecular weight excluding hydrogens is 333 g/mol. The van der Waals surface area contributed by atoms with Gasteiger partial charge in [-0.1, -0.05) is 0 Å². The number of alkyl halides is 3. The van der Waals surface area contributed by atoms with Crippen LogP contribution in [0.25, 0.3) is 5.65 Å². The van der Waals surface area contributed by atoms with Gasteiger partial charge in [-0.15, -0.1) is 5.10 Å². The highest BCUT2D eigenvalue weighted by atomic mass is 79.9. The molecule has 2 heterocycles. The summed E-state index contributed by atoms with van der Waals surface area (Å²) in [5.41, 5.74) is -3.58. The maximum atomic E-state index is 11.9. The van der Waals surface area contributed by atoms with E-state index in [1.165, 1.54) is 0 Å². The minimum absolute atomic E-state index is 0.0713. The number of fused-ring (bicyclic) bond motifs is 1. The fraction of sp³-hybridized carbons (Fsp3) is 0.333. The van der Waals surface area contributed by atoms with Crippen molar-refractivity contribution < 1.29 is 13.2 Å². The molecule has 2 rings (SSSR count). The minimum atomic E-state index is -4.20. The molecule has 0 saturated heterocycles. The van der Waals surface area contributed by atoms with E-state index in [2.05, 4.69) is 31.3 Å². The summed E-state index contributed by atoms with van der Waals surface area (Å²) >= 11 is 3.24. The van der Waals surface area contributed by atoms with E-state index >= 15 is 0 Å². The fourth-order valence-electron chi connectivity index (χ4n) is 1.28. The van der Waals surface area contributed by atoms with Crippen molar-refractivity contribution in [2.45, 2.75) is 5.51 Å². The molecule has 0 aliphatic rings. The Balaban J connectivity index is 1.94. The lowest BCUT2D eigenvalue weighted by atomic mass is 10.5. The quantitative estimate of drug-likeness (QED) is 0.868. The van der Waals surface area contributed by atoms with Crippen molar-refractivity contribution in [3.8, 4) is 0 Å². The topological polar surface area (TPSA) is 42.2 Å². The summed E-state index contributed by atoms with van der Waals surface area (Å²) in [6.07, 6.45) is 1.71. The summed E-state index contributed by atoms with van der Waals surface area (Å²) in [6, 6.07) is 3.60. The van der Waals surface area contributed by atoms with Gasteiger partial charge < -0.3 is 5.32 Å². The van der Waals surface area contributed by atoms with Gasteiger partial charge in [0.15, 0.2) is 5.65 Å². The van der Waals surface area contributed by atoms with Crippen LogP contribution in [0, 0.1) is 0 Å². The van der Waals surface area contributed by atoms with Gasteiger partial charge in [0, 0.05) is 18.5 Å². The standard InChI is InChI=1S/C9H8BrF3N4S/c10-6-2-1-4-17-7(6)15-8(16-17)14-3-5-18-9(11,12)13/h1-2,4H,3,5H2,(H,14,16). The Morgan fingerprint density at radius 3 is 2.89 bits per heavy atom. The highest BCUT2D eigenvalue weighted by Crippen LogP contribution is 2.29. The second kappa shape index (κ2) is 5.35. The summed E-state index contributed by atoms with van der Waals surface area (Å²) in [5, 5.41) is 6.83. The van der Waals surface area contributed by atoms with Gasteiger partial charge in [-0.3, -0.25) is 0 Å². The van der Waals surface area contributed by atoms with E-state index in [1.807, 2.05) is 6.07 Å². The molecule has 0 bridgehead atoms. The predicted octanol–water partition coefficient (Wildman–Crippen LogP) is 3.16. The van der Waals surface area contributed by atoms with Gasteiger partial charge in [0.25, 0.3) is 0 Å². The predicted molar refractivity (Wildman–Crippen MR) is 67.7 cm³/mol. The first-order chi connectivity index (χ1) is 8.46. The van der Waals surface area contributed by atoms with Crippen LogP contribution in [0.2, 0.25) is 0 Å². The van der Waals surface area contributed by atoms with Crippen LogP contribution >= 0.6 is 27.7 Å². The van der Waals surface area contributed by atoms with Crippen molar-refractivity contribution in [2.24, 2.45) is 0 Å². The third-order valence-corrected chi connectivity index (χ3v) is 3.32. The maximum absolute atomic E-state index is 11.9. The summed E-state index contributed by atoms with van der Waals surface area (Å²) in [7, 11) is 0. The molecule has 0 fully saturated rings. The highest BCUT2D eigenvalue weighted by molar-refractivity contribution is 9.10. The lowest BCUT2D eigenvalue weighted by Gasteiger charge is -2.04. The maximum Gasteiger partial charge on any atom is 0.441 e. The Labute approximate surface area is 113 Å². The molecule has 18 heavy (non-hydrogen) atoms. The molecule has 0 amide bonds. The molecule has 9 heteroatoms. The number of nitrogens with zero attached hydrogens (tertiary/aromatic N) is 3. The Morgan fingerprint density at radius 1 is 1.44 bits per heavy atom. The van der Waals surface area contributed by atoms with Crippen molar-refractivity contribution in [2.75, 3.05) is 17.6 Å². The normalized spacial score (nSPS) is 12.0. The molecule has 0 spiro atoms. The molecule has 0 aromatic carbocycles. The van der Waals surface area contributed by atoms with Crippen LogP contribution < -0.4 is 5.32 Å². The largest absolute Gasteiger partial charge is 0.441 e. The van der Waals surface area contributed by atoms with E-state index in [-0.39, 0.29) is 24.1 Å². The van der Waals surface area contributed by atoms with Gasteiger partial charge in [0.05, 0.1) is 4.47 Å². The lowest BCUT2D eigenvalue weighted by Crippen LogP contribution is -2.10. The van der Waals surface area contributed by atoms with Gasteiger partial charge in [-0.2, -0.15) is 18.2 Å². The molecule has 0 aliphatic heterocycles. The van der Waals surface area contributed by atoms with Crippen LogP contribution in [0.1, 0.15) is 0 Å². The highest BCUT2D eigenvalue weighted by Gasteiger charge is 2.27. The molecule has 0 aliphatic carbocycles. The molecular formula is C9H8BrF3N4S. The summed E-state index contributed by atoms with van der Waals surface area (Å²) in [5.74, 6) is 0.227. The van der Waals surface area contributed by atoms with Crippen LogP contribution in [0.4, 0.5) is 19.1 Å². The van der Waals surface area contributed by atoms with Crippen LogP contribution in [-0.2, 0) is 0 Å². The molecule has 1 N–H and O–H groups in total. The number of rotatable bonds is 4. The first kappa shape index (κ1) is 13.5. The molecule has 0 radical (unpaired) electrons. The van der Waals surface area contributed by atoms with Crippen LogP contribution in [-0.4, -0.2) is 32.4 Å². The minimum Gasteiger partial charge on any atom is -0.352 e. The van der Waals surface area contributed by atoms with E-state index in [4.69, 9.17) is 0 Å². The number of pyridine rings is 1. The lowest BCUT2D eigenvalue weighted by molar-refractivity contribution is -0.0327. The van der Waals surface area contributed by atoms with Gasteiger partial charge in [-0.05, 0) is 39.8 Å². The number of hydrogen-bond acceptors (Lipinski definition) is 4. The number of nitrogens with one attached hydrogen (secondary N) is 1. The van der Waals surface area contributed by atoms with Crippen LogP contribution in [0.5, 0.6) is 0 Å². The third-order valence-electron chi connectivity index (χ3n) is 1.97. The van der Waals surface area contributed by atoms with E-state index < -0.39 is 5.51 Å². The molecule has 0 saturated carbocycles. The van der Waals surface area contributed by atoms with Crippen LogP contribution in [0.15, 0.2) is 22.8 Å². The SMILES string of the molecule is FC(F)(F)SCCNc1nc2c(Br)cccn2n1. The van der Waals surface area contributed by atoms with Crippen molar-refractivity contribution >= 4 is 39.3 Å². The van der Waals surface area contributed by atoms with Crippen LogP contribution in [0.3, 0.4) is 0 Å². The van der Waals surface area contributed by atoms with E-state index in [0.29, 0.717) is 11.6 Å². The summed E-state index contributed by atoms with van der Waals surface area (Å²) in [6.45, 7) is 0.151. The zero-order valence-corrected chi connectivity index (χ0v) is 11.3. The molecule has 98 valence electrons. The second-order valence-electron chi connectivity index (χ2n) is 3.28. The molecule has 0 unspecified atom stereocenters. The Morgan fingerprint density at radius 2 is 2.22 bits per heavy atom. The number of anilines is 1.